The summed E-state index contributed by atoms with van der Waals surface area (Å²) in [4.78, 5) is 0. The van der Waals surface area contributed by atoms with Crippen molar-refractivity contribution >= 4 is 0 Å². The second-order valence-electron chi connectivity index (χ2n) is 7.56. The molecule has 26 heavy (non-hydrogen) atoms. The minimum Gasteiger partial charge on any atom is -0.204 e. The predicted octanol–water partition coefficient (Wildman–Crippen LogP) is 7.63. The van der Waals surface area contributed by atoms with E-state index in [-0.39, 0.29) is 5.56 Å². The molecule has 1 fully saturated rings. The highest BCUT2D eigenvalue weighted by atomic mass is 19.2. The highest BCUT2D eigenvalue weighted by Crippen LogP contribution is 2.38. The van der Waals surface area contributed by atoms with E-state index in [1.807, 2.05) is 24.3 Å². The zero-order chi connectivity index (χ0) is 18.5. The molecule has 0 bridgehead atoms. The second kappa shape index (κ2) is 8.75. The van der Waals surface area contributed by atoms with E-state index in [0.29, 0.717) is 11.5 Å². The molecule has 0 unspecified atom stereocenters. The lowest BCUT2D eigenvalue weighted by atomic mass is 9.77. The average molecular weight is 360 g/mol. The lowest BCUT2D eigenvalue weighted by molar-refractivity contribution is 0.303. The van der Waals surface area contributed by atoms with Crippen molar-refractivity contribution in [2.45, 2.75) is 64.2 Å². The Labute approximate surface area is 154 Å². The first-order chi connectivity index (χ1) is 12.6. The van der Waals surface area contributed by atoms with Crippen LogP contribution in [0.25, 0.3) is 11.1 Å². The van der Waals surface area contributed by atoms with Crippen molar-refractivity contribution in [3.8, 4) is 11.1 Å². The summed E-state index contributed by atoms with van der Waals surface area (Å²) in [7, 11) is 0. The average Bonchev–Trinajstić information content (AvgIpc) is 2.67. The molecule has 140 valence electrons. The molecular formula is C23H27F3. The third-order valence-electron chi connectivity index (χ3n) is 5.79. The molecule has 1 aliphatic rings. The van der Waals surface area contributed by atoms with Crippen LogP contribution in [0, 0.1) is 23.4 Å². The van der Waals surface area contributed by atoms with E-state index in [2.05, 4.69) is 6.92 Å². The summed E-state index contributed by atoms with van der Waals surface area (Å²) in [6.07, 6.45) is 10.3. The molecule has 0 heterocycles. The maximum absolute atomic E-state index is 14.0. The van der Waals surface area contributed by atoms with Crippen molar-refractivity contribution < 1.29 is 13.2 Å². The summed E-state index contributed by atoms with van der Waals surface area (Å²) in [5.74, 6) is -2.26. The van der Waals surface area contributed by atoms with Gasteiger partial charge in [-0.2, -0.15) is 0 Å². The molecule has 0 N–H and O–H groups in total. The molecule has 2 aromatic rings. The Hall–Kier alpha value is -1.77. The summed E-state index contributed by atoms with van der Waals surface area (Å²) in [6, 6.07) is 9.93. The van der Waals surface area contributed by atoms with E-state index in [1.54, 1.807) is 0 Å². The molecular weight excluding hydrogens is 333 g/mol. The molecule has 3 rings (SSSR count). The summed E-state index contributed by atoms with van der Waals surface area (Å²) in [5.41, 5.74) is 1.96. The predicted molar refractivity (Wildman–Crippen MR) is 101 cm³/mol. The maximum atomic E-state index is 14.0. The van der Waals surface area contributed by atoms with Crippen LogP contribution < -0.4 is 0 Å². The first-order valence-electron chi connectivity index (χ1n) is 9.84. The van der Waals surface area contributed by atoms with Crippen molar-refractivity contribution in [3.05, 3.63) is 59.4 Å². The summed E-state index contributed by atoms with van der Waals surface area (Å²) in [5, 5.41) is 0. The van der Waals surface area contributed by atoms with Gasteiger partial charge in [0, 0.05) is 5.56 Å². The highest BCUT2D eigenvalue weighted by molar-refractivity contribution is 5.64. The summed E-state index contributed by atoms with van der Waals surface area (Å²) in [6.45, 7) is 2.24. The number of hydrogen-bond acceptors (Lipinski definition) is 0. The van der Waals surface area contributed by atoms with Crippen LogP contribution >= 0.6 is 0 Å². The summed E-state index contributed by atoms with van der Waals surface area (Å²) >= 11 is 0. The van der Waals surface area contributed by atoms with E-state index in [4.69, 9.17) is 0 Å². The van der Waals surface area contributed by atoms with Crippen molar-refractivity contribution in [2.24, 2.45) is 5.92 Å². The van der Waals surface area contributed by atoms with Crippen molar-refractivity contribution in [2.75, 3.05) is 0 Å². The first kappa shape index (κ1) is 19.0. The largest absolute Gasteiger partial charge is 0.204 e. The van der Waals surface area contributed by atoms with Crippen molar-refractivity contribution in [1.29, 1.82) is 0 Å². The van der Waals surface area contributed by atoms with Crippen molar-refractivity contribution in [1.82, 2.24) is 0 Å². The van der Waals surface area contributed by atoms with Gasteiger partial charge in [0.15, 0.2) is 17.5 Å². The van der Waals surface area contributed by atoms with Gasteiger partial charge in [-0.3, -0.25) is 0 Å². The number of hydrogen-bond donors (Lipinski definition) is 0. The Bertz CT molecular complexity index is 713. The normalized spacial score (nSPS) is 20.3. The van der Waals surface area contributed by atoms with E-state index in [9.17, 15) is 13.2 Å². The topological polar surface area (TPSA) is 0 Å². The van der Waals surface area contributed by atoms with E-state index in [0.717, 1.165) is 12.0 Å². The lowest BCUT2D eigenvalue weighted by Crippen LogP contribution is -2.13. The van der Waals surface area contributed by atoms with Gasteiger partial charge in [0.05, 0.1) is 0 Å². The third-order valence-corrected chi connectivity index (χ3v) is 5.79. The van der Waals surface area contributed by atoms with E-state index in [1.165, 1.54) is 63.0 Å². The van der Waals surface area contributed by atoms with Gasteiger partial charge in [-0.1, -0.05) is 56.9 Å². The fourth-order valence-corrected chi connectivity index (χ4v) is 4.15. The van der Waals surface area contributed by atoms with Crippen LogP contribution in [0.5, 0.6) is 0 Å². The maximum Gasteiger partial charge on any atom is 0.195 e. The van der Waals surface area contributed by atoms with Crippen LogP contribution in [0.3, 0.4) is 0 Å². The number of benzene rings is 2. The SMILES string of the molecule is CCCCC[C@H]1CC[C@H](c2ccc(-c3ccc(F)c(F)c3F)cc2)CC1. The molecule has 1 aliphatic carbocycles. The third kappa shape index (κ3) is 4.31. The minimum atomic E-state index is -1.41. The van der Waals surface area contributed by atoms with E-state index >= 15 is 0 Å². The quantitative estimate of drug-likeness (QED) is 0.367. The molecule has 0 atom stereocenters. The molecule has 0 spiro atoms. The molecule has 0 saturated heterocycles. The second-order valence-corrected chi connectivity index (χ2v) is 7.56. The van der Waals surface area contributed by atoms with Gasteiger partial charge >= 0.3 is 0 Å². The Balaban J connectivity index is 1.63. The van der Waals surface area contributed by atoms with Crippen LogP contribution in [-0.4, -0.2) is 0 Å². The minimum absolute atomic E-state index is 0.107. The van der Waals surface area contributed by atoms with Gasteiger partial charge < -0.3 is 0 Å². The van der Waals surface area contributed by atoms with Crippen LogP contribution in [0.4, 0.5) is 13.2 Å². The Morgan fingerprint density at radius 2 is 1.50 bits per heavy atom. The number of halogens is 3. The number of unbranched alkanes of at least 4 members (excludes halogenated alkanes) is 2. The lowest BCUT2D eigenvalue weighted by Gasteiger charge is -2.29. The first-order valence-corrected chi connectivity index (χ1v) is 9.84. The standard InChI is InChI=1S/C23H27F3/c1-2-3-4-5-16-6-8-17(9-7-16)18-10-12-19(13-11-18)20-14-15-21(24)23(26)22(20)25/h10-17H,2-9H2,1H3/t16-,17-. The smallest absolute Gasteiger partial charge is 0.195 e. The van der Waals surface area contributed by atoms with Crippen molar-refractivity contribution in [3.63, 3.8) is 0 Å². The van der Waals surface area contributed by atoms with Gasteiger partial charge in [0.1, 0.15) is 0 Å². The summed E-state index contributed by atoms with van der Waals surface area (Å²) < 4.78 is 40.5. The van der Waals surface area contributed by atoms with E-state index < -0.39 is 17.5 Å². The van der Waals surface area contributed by atoms with Crippen LogP contribution in [0.15, 0.2) is 36.4 Å². The monoisotopic (exact) mass is 360 g/mol. The zero-order valence-corrected chi connectivity index (χ0v) is 15.4. The molecule has 0 amide bonds. The van der Waals surface area contributed by atoms with Gasteiger partial charge in [-0.15, -0.1) is 0 Å². The Kier molecular flexibility index (Phi) is 6.39. The molecule has 0 radical (unpaired) electrons. The van der Waals surface area contributed by atoms with Gasteiger partial charge in [-0.05, 0) is 60.8 Å². The van der Waals surface area contributed by atoms with Gasteiger partial charge in [-0.25, -0.2) is 13.2 Å². The molecule has 0 aromatic heterocycles. The van der Waals surface area contributed by atoms with Crippen LogP contribution in [0.2, 0.25) is 0 Å². The highest BCUT2D eigenvalue weighted by Gasteiger charge is 2.22. The molecule has 1 saturated carbocycles. The fraction of sp³-hybridized carbons (Fsp3) is 0.478. The molecule has 2 aromatic carbocycles. The molecule has 0 aliphatic heterocycles. The number of rotatable bonds is 6. The fourth-order valence-electron chi connectivity index (χ4n) is 4.15. The molecule has 3 heteroatoms. The van der Waals surface area contributed by atoms with Crippen LogP contribution in [0.1, 0.15) is 69.8 Å². The van der Waals surface area contributed by atoms with Crippen LogP contribution in [-0.2, 0) is 0 Å². The molecule has 0 nitrogen and oxygen atoms in total. The Morgan fingerprint density at radius 3 is 2.15 bits per heavy atom. The van der Waals surface area contributed by atoms with Gasteiger partial charge in [0.25, 0.3) is 0 Å². The Morgan fingerprint density at radius 1 is 0.808 bits per heavy atom. The van der Waals surface area contributed by atoms with Gasteiger partial charge in [0.2, 0.25) is 0 Å². The zero-order valence-electron chi connectivity index (χ0n) is 15.4.